The summed E-state index contributed by atoms with van der Waals surface area (Å²) in [5.41, 5.74) is 1.57. The summed E-state index contributed by atoms with van der Waals surface area (Å²) < 4.78 is 33.4. The van der Waals surface area contributed by atoms with E-state index in [1.807, 2.05) is 0 Å². The first-order valence-electron chi connectivity index (χ1n) is 11.6. The Balaban J connectivity index is 0.00000450. The topological polar surface area (TPSA) is 81.3 Å². The van der Waals surface area contributed by atoms with Gasteiger partial charge in [-0.2, -0.15) is 0 Å². The van der Waals surface area contributed by atoms with Gasteiger partial charge in [0.2, 0.25) is 0 Å². The Labute approximate surface area is 206 Å². The minimum absolute atomic E-state index is 0. The number of hydrogen-bond donors (Lipinski definition) is 2. The molecule has 0 aliphatic carbocycles. The van der Waals surface area contributed by atoms with E-state index in [0.29, 0.717) is 5.69 Å². The molecule has 5 nitrogen and oxygen atoms in total. The van der Waals surface area contributed by atoms with Crippen LogP contribution in [0.25, 0.3) is 0 Å². The monoisotopic (exact) mass is 446 g/mol. The van der Waals surface area contributed by atoms with Crippen molar-refractivity contribution in [1.82, 2.24) is 0 Å². The van der Waals surface area contributed by atoms with Gasteiger partial charge in [0.05, 0.1) is 22.4 Å². The molecule has 0 radical (unpaired) electrons. The molecule has 2 N–H and O–H groups in total. The smallest absolute Gasteiger partial charge is 0.744 e. The summed E-state index contributed by atoms with van der Waals surface area (Å²) in [4.78, 5) is -0.178. The van der Waals surface area contributed by atoms with E-state index in [4.69, 9.17) is 0 Å². The summed E-state index contributed by atoms with van der Waals surface area (Å²) in [5.74, 6) is 0. The molecule has 7 heteroatoms. The molecule has 1 atom stereocenters. The van der Waals surface area contributed by atoms with Crippen molar-refractivity contribution in [2.24, 2.45) is 0 Å². The fourth-order valence-electron chi connectivity index (χ4n) is 4.02. The van der Waals surface area contributed by atoms with Crippen LogP contribution in [0.4, 0.5) is 11.4 Å². The molecular weight excluding hydrogens is 407 g/mol. The van der Waals surface area contributed by atoms with Crippen LogP contribution in [0.1, 0.15) is 103 Å². The van der Waals surface area contributed by atoms with Gasteiger partial charge in [0.1, 0.15) is 10.1 Å². The van der Waals surface area contributed by atoms with Gasteiger partial charge < -0.3 is 15.2 Å². The predicted molar refractivity (Wildman–Crippen MR) is 120 cm³/mol. The van der Waals surface area contributed by atoms with Crippen LogP contribution in [0.5, 0.6) is 0 Å². The fraction of sp³-hybridized carbons (Fsp3) is 0.739. The van der Waals surface area contributed by atoms with E-state index in [1.165, 1.54) is 95.6 Å². The molecule has 0 bridgehead atoms. The summed E-state index contributed by atoms with van der Waals surface area (Å²) in [6.45, 7) is 2.27. The van der Waals surface area contributed by atoms with E-state index >= 15 is 0 Å². The molecule has 0 spiro atoms. The Bertz CT molecular complexity index is 698. The van der Waals surface area contributed by atoms with E-state index in [9.17, 15) is 13.0 Å². The number of fused-ring (bicyclic) bond motifs is 1. The van der Waals surface area contributed by atoms with E-state index in [1.54, 1.807) is 6.07 Å². The van der Waals surface area contributed by atoms with E-state index in [-0.39, 0.29) is 40.6 Å². The van der Waals surface area contributed by atoms with Crippen molar-refractivity contribution >= 4 is 21.5 Å². The fourth-order valence-corrected chi connectivity index (χ4v) is 4.52. The van der Waals surface area contributed by atoms with Gasteiger partial charge in [0.15, 0.2) is 0 Å². The zero-order valence-electron chi connectivity index (χ0n) is 19.0. The first-order chi connectivity index (χ1) is 14.0. The van der Waals surface area contributed by atoms with Crippen LogP contribution in [0, 0.1) is 0 Å². The third-order valence-electron chi connectivity index (χ3n) is 5.79. The summed E-state index contributed by atoms with van der Waals surface area (Å²) in [6, 6.07) is 4.46. The molecule has 0 fully saturated rings. The Kier molecular flexibility index (Phi) is 14.4. The van der Waals surface area contributed by atoms with Crippen LogP contribution in [0.3, 0.4) is 0 Å². The standard InChI is InChI=1S/C23H40N2O3S.Na/c1-2-3-4-5-6-7-8-9-10-11-12-13-14-15-16-23-24-21-18-17-20(29(26,27)28)19-22(21)25-23;/h17-19,23-25H,2-16H2,1H3,(H,26,27,28);/q;+1/p-1. The molecule has 1 aromatic rings. The molecule has 0 aromatic heterocycles. The SMILES string of the molecule is CCCCCCCCCCCCCCCCC1Nc2ccc(S(=O)(=O)[O-])cc2N1.[Na+]. The van der Waals surface area contributed by atoms with Crippen LogP contribution >= 0.6 is 0 Å². The maximum Gasteiger partial charge on any atom is 1.00 e. The number of anilines is 2. The molecule has 0 saturated carbocycles. The van der Waals surface area contributed by atoms with Gasteiger partial charge in [0.25, 0.3) is 0 Å². The maximum atomic E-state index is 11.1. The van der Waals surface area contributed by atoms with Crippen molar-refractivity contribution in [2.75, 3.05) is 10.6 Å². The quantitative estimate of drug-likeness (QED) is 0.230. The molecule has 0 amide bonds. The van der Waals surface area contributed by atoms with Gasteiger partial charge in [-0.15, -0.1) is 0 Å². The second-order valence-electron chi connectivity index (χ2n) is 8.39. The Morgan fingerprint density at radius 2 is 1.23 bits per heavy atom. The van der Waals surface area contributed by atoms with Gasteiger partial charge in [-0.05, 0) is 31.0 Å². The first kappa shape index (κ1) is 27.8. The molecule has 0 saturated heterocycles. The third kappa shape index (κ3) is 10.9. The number of nitrogens with one attached hydrogen (secondary N) is 2. The van der Waals surface area contributed by atoms with Crippen LogP contribution in [-0.2, 0) is 10.1 Å². The molecule has 30 heavy (non-hydrogen) atoms. The van der Waals surface area contributed by atoms with Gasteiger partial charge in [0, 0.05) is 0 Å². The predicted octanol–water partition coefficient (Wildman–Crippen LogP) is 3.63. The number of unbranched alkanes of at least 4 members (excludes halogenated alkanes) is 13. The van der Waals surface area contributed by atoms with Crippen LogP contribution < -0.4 is 40.2 Å². The third-order valence-corrected chi connectivity index (χ3v) is 6.62. The molecule has 1 unspecified atom stereocenters. The number of rotatable bonds is 16. The number of hydrogen-bond acceptors (Lipinski definition) is 5. The average molecular weight is 447 g/mol. The first-order valence-corrected chi connectivity index (χ1v) is 13.0. The number of benzene rings is 1. The van der Waals surface area contributed by atoms with Crippen molar-refractivity contribution in [3.8, 4) is 0 Å². The van der Waals surface area contributed by atoms with Crippen molar-refractivity contribution in [3.63, 3.8) is 0 Å². The van der Waals surface area contributed by atoms with Gasteiger partial charge in [-0.1, -0.05) is 90.4 Å². The summed E-state index contributed by atoms with van der Waals surface area (Å²) in [5, 5.41) is 6.63. The van der Waals surface area contributed by atoms with E-state index in [0.717, 1.165) is 18.5 Å². The largest absolute Gasteiger partial charge is 1.00 e. The van der Waals surface area contributed by atoms with Gasteiger partial charge >= 0.3 is 29.6 Å². The molecule has 1 aliphatic heterocycles. The Hall–Kier alpha value is -0.270. The van der Waals surface area contributed by atoms with Crippen molar-refractivity contribution < 1.29 is 42.5 Å². The van der Waals surface area contributed by atoms with Crippen molar-refractivity contribution in [1.29, 1.82) is 0 Å². The Morgan fingerprint density at radius 1 is 0.767 bits per heavy atom. The van der Waals surface area contributed by atoms with Crippen molar-refractivity contribution in [2.45, 2.75) is 114 Å². The summed E-state index contributed by atoms with van der Waals surface area (Å²) in [7, 11) is -4.40. The zero-order valence-corrected chi connectivity index (χ0v) is 21.9. The second-order valence-corrected chi connectivity index (χ2v) is 9.77. The van der Waals surface area contributed by atoms with E-state index < -0.39 is 10.1 Å². The van der Waals surface area contributed by atoms with Crippen LogP contribution in [0.15, 0.2) is 23.1 Å². The van der Waals surface area contributed by atoms with Crippen molar-refractivity contribution in [3.05, 3.63) is 18.2 Å². The van der Waals surface area contributed by atoms with Crippen LogP contribution in [0.2, 0.25) is 0 Å². The summed E-state index contributed by atoms with van der Waals surface area (Å²) >= 11 is 0. The minimum atomic E-state index is -4.40. The zero-order chi connectivity index (χ0) is 21.0. The minimum Gasteiger partial charge on any atom is -0.744 e. The second kappa shape index (κ2) is 15.5. The summed E-state index contributed by atoms with van der Waals surface area (Å²) in [6.07, 6.45) is 20.0. The molecule has 166 valence electrons. The molecule has 2 rings (SSSR count). The van der Waals surface area contributed by atoms with Crippen LogP contribution in [-0.4, -0.2) is 19.1 Å². The normalized spacial score (nSPS) is 15.2. The average Bonchev–Trinajstić information content (AvgIpc) is 3.09. The van der Waals surface area contributed by atoms with Gasteiger partial charge in [-0.3, -0.25) is 0 Å². The maximum absolute atomic E-state index is 11.1. The van der Waals surface area contributed by atoms with E-state index in [2.05, 4.69) is 17.6 Å². The molecule has 1 aromatic carbocycles. The molecular formula is C23H39N2NaO3S. The molecule has 1 aliphatic rings. The Morgan fingerprint density at radius 3 is 1.73 bits per heavy atom. The molecule has 1 heterocycles. The van der Waals surface area contributed by atoms with Gasteiger partial charge in [-0.25, -0.2) is 8.42 Å².